The molecule has 0 aliphatic rings. The van der Waals surface area contributed by atoms with Gasteiger partial charge in [0, 0.05) is 13.1 Å². The van der Waals surface area contributed by atoms with Crippen molar-refractivity contribution in [3.8, 4) is 11.6 Å². The molecule has 2 heterocycles. The molecule has 24 heavy (non-hydrogen) atoms. The van der Waals surface area contributed by atoms with Gasteiger partial charge in [-0.3, -0.25) is 10.1 Å². The van der Waals surface area contributed by atoms with Crippen molar-refractivity contribution < 1.29 is 4.42 Å². The number of guanidine groups is 1. The van der Waals surface area contributed by atoms with Crippen LogP contribution in [0.5, 0.6) is 0 Å². The number of aliphatic imine (C=N–C) groups is 1. The molecule has 2 rings (SSSR count). The monoisotopic (exact) mass is 332 g/mol. The van der Waals surface area contributed by atoms with Gasteiger partial charge in [-0.15, -0.1) is 5.10 Å². The first kappa shape index (κ1) is 18.0. The van der Waals surface area contributed by atoms with Crippen LogP contribution in [0.3, 0.4) is 0 Å². The minimum Gasteiger partial charge on any atom is -0.461 e. The van der Waals surface area contributed by atoms with Gasteiger partial charge in [0.25, 0.3) is 0 Å². The molecular formula is C17H28N6O. The van der Waals surface area contributed by atoms with Gasteiger partial charge in [-0.05, 0) is 37.3 Å². The molecule has 0 fully saturated rings. The quantitative estimate of drug-likeness (QED) is 0.559. The van der Waals surface area contributed by atoms with Crippen LogP contribution in [0.15, 0.2) is 27.8 Å². The standard InChI is InChI=1S/C17H28N6O/c1-12(8-9-17(2,3)4)20-16(18-5)19-11-14-21-15(23-22-14)13-7-6-10-24-13/h6-7,10,12H,8-9,11H2,1-5H3,(H2,18,19,20)(H,21,22,23). The molecule has 2 aromatic heterocycles. The van der Waals surface area contributed by atoms with E-state index in [1.807, 2.05) is 12.1 Å². The molecule has 0 aliphatic heterocycles. The third-order valence-electron chi connectivity index (χ3n) is 3.63. The number of hydrogen-bond acceptors (Lipinski definition) is 4. The summed E-state index contributed by atoms with van der Waals surface area (Å²) >= 11 is 0. The molecule has 0 saturated heterocycles. The molecule has 1 atom stereocenters. The minimum absolute atomic E-state index is 0.342. The number of nitrogens with one attached hydrogen (secondary N) is 3. The maximum absolute atomic E-state index is 5.29. The fourth-order valence-corrected chi connectivity index (χ4v) is 2.21. The first-order valence-electron chi connectivity index (χ1n) is 8.30. The van der Waals surface area contributed by atoms with Crippen LogP contribution in [0.25, 0.3) is 11.6 Å². The zero-order chi connectivity index (χ0) is 17.6. The van der Waals surface area contributed by atoms with Gasteiger partial charge in [-0.2, -0.15) is 0 Å². The molecule has 3 N–H and O–H groups in total. The smallest absolute Gasteiger partial charge is 0.216 e. The summed E-state index contributed by atoms with van der Waals surface area (Å²) in [5.41, 5.74) is 0.342. The molecule has 0 bridgehead atoms. The van der Waals surface area contributed by atoms with Crippen LogP contribution in [0.4, 0.5) is 0 Å². The SMILES string of the molecule is CN=C(NCc1nc(-c2ccco2)n[nH]1)NC(C)CCC(C)(C)C. The second-order valence-electron chi connectivity index (χ2n) is 7.15. The van der Waals surface area contributed by atoms with Crippen LogP contribution in [0, 0.1) is 5.41 Å². The van der Waals surface area contributed by atoms with E-state index < -0.39 is 0 Å². The summed E-state index contributed by atoms with van der Waals surface area (Å²) < 4.78 is 5.29. The van der Waals surface area contributed by atoms with E-state index in [0.717, 1.165) is 24.6 Å². The molecule has 2 aromatic rings. The van der Waals surface area contributed by atoms with E-state index in [1.54, 1.807) is 13.3 Å². The number of rotatable bonds is 6. The van der Waals surface area contributed by atoms with Crippen molar-refractivity contribution in [3.05, 3.63) is 24.2 Å². The van der Waals surface area contributed by atoms with Gasteiger partial charge in [-0.1, -0.05) is 20.8 Å². The maximum atomic E-state index is 5.29. The Morgan fingerprint density at radius 1 is 1.42 bits per heavy atom. The van der Waals surface area contributed by atoms with Gasteiger partial charge in [0.2, 0.25) is 5.82 Å². The Balaban J connectivity index is 1.81. The zero-order valence-corrected chi connectivity index (χ0v) is 15.2. The van der Waals surface area contributed by atoms with E-state index in [0.29, 0.717) is 29.6 Å². The van der Waals surface area contributed by atoms with Crippen LogP contribution in [0.1, 0.15) is 46.4 Å². The van der Waals surface area contributed by atoms with E-state index in [4.69, 9.17) is 4.42 Å². The Morgan fingerprint density at radius 3 is 2.83 bits per heavy atom. The highest BCUT2D eigenvalue weighted by molar-refractivity contribution is 5.79. The van der Waals surface area contributed by atoms with Crippen LogP contribution >= 0.6 is 0 Å². The van der Waals surface area contributed by atoms with E-state index in [1.165, 1.54) is 0 Å². The summed E-state index contributed by atoms with van der Waals surface area (Å²) in [5, 5.41) is 13.7. The van der Waals surface area contributed by atoms with Gasteiger partial charge < -0.3 is 15.1 Å². The number of furan rings is 1. The Hall–Kier alpha value is -2.31. The lowest BCUT2D eigenvalue weighted by molar-refractivity contribution is 0.346. The fraction of sp³-hybridized carbons (Fsp3) is 0.588. The molecule has 0 aliphatic carbocycles. The summed E-state index contributed by atoms with van der Waals surface area (Å²) in [4.78, 5) is 8.66. The summed E-state index contributed by atoms with van der Waals surface area (Å²) in [7, 11) is 1.76. The number of H-pyrrole nitrogens is 1. The lowest BCUT2D eigenvalue weighted by Crippen LogP contribution is -2.42. The highest BCUT2D eigenvalue weighted by Crippen LogP contribution is 2.21. The van der Waals surface area contributed by atoms with E-state index >= 15 is 0 Å². The van der Waals surface area contributed by atoms with Crippen LogP contribution in [0.2, 0.25) is 0 Å². The second kappa shape index (κ2) is 7.99. The van der Waals surface area contributed by atoms with E-state index in [2.05, 4.69) is 58.5 Å². The van der Waals surface area contributed by atoms with Gasteiger partial charge in [0.05, 0.1) is 12.8 Å². The third-order valence-corrected chi connectivity index (χ3v) is 3.63. The number of aromatic nitrogens is 3. The number of nitrogens with zero attached hydrogens (tertiary/aromatic N) is 3. The Kier molecular flexibility index (Phi) is 6.00. The lowest BCUT2D eigenvalue weighted by atomic mass is 9.89. The highest BCUT2D eigenvalue weighted by Gasteiger charge is 2.14. The Bertz CT molecular complexity index is 638. The molecule has 0 aromatic carbocycles. The third kappa shape index (κ3) is 5.72. The van der Waals surface area contributed by atoms with Crippen molar-refractivity contribution in [1.82, 2.24) is 25.8 Å². The summed E-state index contributed by atoms with van der Waals surface area (Å²) in [6, 6.07) is 4.00. The largest absolute Gasteiger partial charge is 0.461 e. The fourth-order valence-electron chi connectivity index (χ4n) is 2.21. The van der Waals surface area contributed by atoms with Crippen molar-refractivity contribution >= 4 is 5.96 Å². The zero-order valence-electron chi connectivity index (χ0n) is 15.2. The Labute approximate surface area is 143 Å². The maximum Gasteiger partial charge on any atom is 0.216 e. The normalized spacial score (nSPS) is 13.8. The number of hydrogen-bond donors (Lipinski definition) is 3. The topological polar surface area (TPSA) is 91.1 Å². The van der Waals surface area contributed by atoms with Crippen molar-refractivity contribution in [2.24, 2.45) is 10.4 Å². The first-order chi connectivity index (χ1) is 11.4. The van der Waals surface area contributed by atoms with Gasteiger partial charge in [0.1, 0.15) is 5.82 Å². The minimum atomic E-state index is 0.342. The van der Waals surface area contributed by atoms with Crippen LogP contribution < -0.4 is 10.6 Å². The van der Waals surface area contributed by atoms with Gasteiger partial charge in [-0.25, -0.2) is 4.98 Å². The number of aromatic amines is 1. The lowest BCUT2D eigenvalue weighted by Gasteiger charge is -2.22. The molecular weight excluding hydrogens is 304 g/mol. The van der Waals surface area contributed by atoms with E-state index in [-0.39, 0.29) is 0 Å². The average Bonchev–Trinajstić information content (AvgIpc) is 3.19. The summed E-state index contributed by atoms with van der Waals surface area (Å²) in [6.07, 6.45) is 3.86. The summed E-state index contributed by atoms with van der Waals surface area (Å²) in [5.74, 6) is 2.69. The van der Waals surface area contributed by atoms with Crippen LogP contribution in [-0.2, 0) is 6.54 Å². The van der Waals surface area contributed by atoms with Crippen molar-refractivity contribution in [3.63, 3.8) is 0 Å². The van der Waals surface area contributed by atoms with Crippen molar-refractivity contribution in [1.29, 1.82) is 0 Å². The molecule has 0 saturated carbocycles. The van der Waals surface area contributed by atoms with Crippen molar-refractivity contribution in [2.75, 3.05) is 7.05 Å². The molecule has 0 spiro atoms. The molecule has 0 amide bonds. The average molecular weight is 332 g/mol. The van der Waals surface area contributed by atoms with Gasteiger partial charge >= 0.3 is 0 Å². The summed E-state index contributed by atoms with van der Waals surface area (Å²) in [6.45, 7) is 9.45. The first-order valence-corrected chi connectivity index (χ1v) is 8.30. The van der Waals surface area contributed by atoms with E-state index in [9.17, 15) is 0 Å². The van der Waals surface area contributed by atoms with Gasteiger partial charge in [0.15, 0.2) is 11.7 Å². The second-order valence-corrected chi connectivity index (χ2v) is 7.15. The van der Waals surface area contributed by atoms with Crippen molar-refractivity contribution in [2.45, 2.75) is 53.1 Å². The predicted octanol–water partition coefficient (Wildman–Crippen LogP) is 2.94. The molecule has 7 heteroatoms. The molecule has 132 valence electrons. The predicted molar refractivity (Wildman–Crippen MR) is 95.6 cm³/mol. The van der Waals surface area contributed by atoms with Crippen LogP contribution in [-0.4, -0.2) is 34.2 Å². The molecule has 7 nitrogen and oxygen atoms in total. The molecule has 1 unspecified atom stereocenters. The highest BCUT2D eigenvalue weighted by atomic mass is 16.3. The Morgan fingerprint density at radius 2 is 2.21 bits per heavy atom. The molecule has 0 radical (unpaired) electrons.